The van der Waals surface area contributed by atoms with Crippen LogP contribution in [-0.4, -0.2) is 46.2 Å². The van der Waals surface area contributed by atoms with E-state index >= 15 is 0 Å². The molecule has 3 atom stereocenters. The van der Waals surface area contributed by atoms with Gasteiger partial charge in [0, 0.05) is 6.20 Å². The lowest BCUT2D eigenvalue weighted by atomic mass is 9.83. The molecule has 0 bridgehead atoms. The number of ether oxygens (including phenoxy) is 2. The maximum Gasteiger partial charge on any atom is 0.224 e. The molecule has 0 unspecified atom stereocenters. The Balaban J connectivity index is 1.39. The molecule has 1 amide bonds. The van der Waals surface area contributed by atoms with Gasteiger partial charge in [0.2, 0.25) is 5.91 Å². The lowest BCUT2D eigenvalue weighted by Crippen LogP contribution is -2.56. The SMILES string of the molecule is Cc1cnn([C@H]2[C@H](O)C[C@@H]2NC(=O)Cc2ccc3c(c2)OCCO3)c1. The van der Waals surface area contributed by atoms with Crippen LogP contribution in [0.15, 0.2) is 30.6 Å². The number of aryl methyl sites for hydroxylation is 1. The van der Waals surface area contributed by atoms with Crippen molar-refractivity contribution in [2.24, 2.45) is 0 Å². The second kappa shape index (κ2) is 6.40. The minimum absolute atomic E-state index is 0.0811. The van der Waals surface area contributed by atoms with Gasteiger partial charge in [0.05, 0.1) is 30.8 Å². The molecule has 1 saturated carbocycles. The lowest BCUT2D eigenvalue weighted by molar-refractivity contribution is -0.124. The Bertz CT molecular complexity index is 788. The van der Waals surface area contributed by atoms with E-state index in [4.69, 9.17) is 9.47 Å². The number of rotatable bonds is 4. The lowest BCUT2D eigenvalue weighted by Gasteiger charge is -2.41. The molecule has 2 aromatic rings. The summed E-state index contributed by atoms with van der Waals surface area (Å²) in [6.45, 7) is 3.02. The third-order valence-corrected chi connectivity index (χ3v) is 4.66. The van der Waals surface area contributed by atoms with E-state index in [1.54, 1.807) is 10.9 Å². The summed E-state index contributed by atoms with van der Waals surface area (Å²) in [5, 5.41) is 17.3. The highest BCUT2D eigenvalue weighted by Crippen LogP contribution is 2.33. The van der Waals surface area contributed by atoms with E-state index in [9.17, 15) is 9.90 Å². The number of nitrogens with zero attached hydrogens (tertiary/aromatic N) is 2. The number of aliphatic hydroxyl groups is 1. The largest absolute Gasteiger partial charge is 0.486 e. The second-order valence-electron chi connectivity index (χ2n) is 6.62. The monoisotopic (exact) mass is 343 g/mol. The Labute approximate surface area is 145 Å². The van der Waals surface area contributed by atoms with Crippen molar-refractivity contribution in [3.05, 3.63) is 41.7 Å². The Morgan fingerprint density at radius 3 is 2.88 bits per heavy atom. The van der Waals surface area contributed by atoms with Gasteiger partial charge in [0.25, 0.3) is 0 Å². The van der Waals surface area contributed by atoms with E-state index in [0.29, 0.717) is 31.1 Å². The van der Waals surface area contributed by atoms with Gasteiger partial charge >= 0.3 is 0 Å². The molecule has 7 heteroatoms. The first-order valence-electron chi connectivity index (χ1n) is 8.47. The average Bonchev–Trinajstić information content (AvgIpc) is 2.99. The highest BCUT2D eigenvalue weighted by atomic mass is 16.6. The minimum Gasteiger partial charge on any atom is -0.486 e. The molecule has 0 saturated heterocycles. The highest BCUT2D eigenvalue weighted by Gasteiger charge is 2.42. The number of nitrogens with one attached hydrogen (secondary N) is 1. The van der Waals surface area contributed by atoms with Gasteiger partial charge in [-0.3, -0.25) is 9.48 Å². The van der Waals surface area contributed by atoms with Crippen LogP contribution in [0.25, 0.3) is 0 Å². The maximum absolute atomic E-state index is 12.4. The smallest absolute Gasteiger partial charge is 0.224 e. The van der Waals surface area contributed by atoms with Crippen LogP contribution in [0.5, 0.6) is 11.5 Å². The summed E-state index contributed by atoms with van der Waals surface area (Å²) >= 11 is 0. The molecule has 2 aliphatic rings. The zero-order valence-electron chi connectivity index (χ0n) is 14.0. The van der Waals surface area contributed by atoms with Crippen LogP contribution in [0.2, 0.25) is 0 Å². The fraction of sp³-hybridized carbons (Fsp3) is 0.444. The average molecular weight is 343 g/mol. The summed E-state index contributed by atoms with van der Waals surface area (Å²) in [5.41, 5.74) is 1.90. The number of carbonyl (C=O) groups is 1. The van der Waals surface area contributed by atoms with Crippen molar-refractivity contribution in [1.29, 1.82) is 0 Å². The summed E-state index contributed by atoms with van der Waals surface area (Å²) in [6.07, 6.45) is 3.94. The van der Waals surface area contributed by atoms with E-state index in [1.165, 1.54) is 0 Å². The fourth-order valence-corrected chi connectivity index (χ4v) is 3.35. The summed E-state index contributed by atoms with van der Waals surface area (Å²) < 4.78 is 12.8. The van der Waals surface area contributed by atoms with E-state index in [2.05, 4.69) is 10.4 Å². The van der Waals surface area contributed by atoms with Gasteiger partial charge < -0.3 is 19.9 Å². The van der Waals surface area contributed by atoms with E-state index < -0.39 is 6.10 Å². The molecule has 2 N–H and O–H groups in total. The van der Waals surface area contributed by atoms with Crippen molar-refractivity contribution < 1.29 is 19.4 Å². The number of aliphatic hydroxyl groups excluding tert-OH is 1. The van der Waals surface area contributed by atoms with Crippen LogP contribution in [0, 0.1) is 6.92 Å². The Morgan fingerprint density at radius 1 is 1.36 bits per heavy atom. The molecule has 132 valence electrons. The molecular formula is C18H21N3O4. The van der Waals surface area contributed by atoms with Crippen LogP contribution in [0.1, 0.15) is 23.6 Å². The number of hydrogen-bond donors (Lipinski definition) is 2. The van der Waals surface area contributed by atoms with Crippen molar-refractivity contribution in [3.8, 4) is 11.5 Å². The van der Waals surface area contributed by atoms with Gasteiger partial charge in [-0.15, -0.1) is 0 Å². The first-order valence-corrected chi connectivity index (χ1v) is 8.47. The second-order valence-corrected chi connectivity index (χ2v) is 6.62. The van der Waals surface area contributed by atoms with E-state index in [-0.39, 0.29) is 24.4 Å². The van der Waals surface area contributed by atoms with Crippen molar-refractivity contribution in [1.82, 2.24) is 15.1 Å². The number of carbonyl (C=O) groups excluding carboxylic acids is 1. The summed E-state index contributed by atoms with van der Waals surface area (Å²) in [6, 6.07) is 5.23. The number of benzene rings is 1. The normalized spacial score (nSPS) is 24.5. The number of amides is 1. The Hall–Kier alpha value is -2.54. The molecule has 25 heavy (non-hydrogen) atoms. The van der Waals surface area contributed by atoms with Crippen molar-refractivity contribution >= 4 is 5.91 Å². The third-order valence-electron chi connectivity index (χ3n) is 4.66. The zero-order chi connectivity index (χ0) is 17.4. The predicted molar refractivity (Wildman–Crippen MR) is 89.7 cm³/mol. The van der Waals surface area contributed by atoms with Gasteiger partial charge in [-0.1, -0.05) is 6.07 Å². The molecule has 1 aliphatic carbocycles. The van der Waals surface area contributed by atoms with Crippen LogP contribution in [-0.2, 0) is 11.2 Å². The highest BCUT2D eigenvalue weighted by molar-refractivity contribution is 5.79. The Morgan fingerprint density at radius 2 is 2.16 bits per heavy atom. The topological polar surface area (TPSA) is 85.6 Å². The van der Waals surface area contributed by atoms with Crippen molar-refractivity contribution in [3.63, 3.8) is 0 Å². The molecule has 0 spiro atoms. The maximum atomic E-state index is 12.4. The summed E-state index contributed by atoms with van der Waals surface area (Å²) in [7, 11) is 0. The van der Waals surface area contributed by atoms with Gasteiger partial charge in [0.15, 0.2) is 11.5 Å². The fourth-order valence-electron chi connectivity index (χ4n) is 3.35. The summed E-state index contributed by atoms with van der Waals surface area (Å²) in [5.74, 6) is 1.31. The van der Waals surface area contributed by atoms with Gasteiger partial charge in [0.1, 0.15) is 13.2 Å². The van der Waals surface area contributed by atoms with Gasteiger partial charge in [-0.2, -0.15) is 5.10 Å². The minimum atomic E-state index is -0.487. The zero-order valence-corrected chi connectivity index (χ0v) is 14.0. The van der Waals surface area contributed by atoms with Gasteiger partial charge in [-0.25, -0.2) is 0 Å². The van der Waals surface area contributed by atoms with Crippen LogP contribution in [0.4, 0.5) is 0 Å². The predicted octanol–water partition coefficient (Wildman–Crippen LogP) is 0.996. The summed E-state index contributed by atoms with van der Waals surface area (Å²) in [4.78, 5) is 12.4. The molecule has 7 nitrogen and oxygen atoms in total. The van der Waals surface area contributed by atoms with E-state index in [1.807, 2.05) is 31.3 Å². The molecule has 1 aliphatic heterocycles. The van der Waals surface area contributed by atoms with Crippen LogP contribution >= 0.6 is 0 Å². The Kier molecular flexibility index (Phi) is 4.09. The number of aromatic nitrogens is 2. The third kappa shape index (κ3) is 3.19. The van der Waals surface area contributed by atoms with Crippen molar-refractivity contribution in [2.45, 2.75) is 38.0 Å². The molecule has 1 fully saturated rings. The first kappa shape index (κ1) is 16.0. The van der Waals surface area contributed by atoms with Gasteiger partial charge in [-0.05, 0) is 36.6 Å². The van der Waals surface area contributed by atoms with Crippen LogP contribution in [0.3, 0.4) is 0 Å². The molecule has 4 rings (SSSR count). The molecular weight excluding hydrogens is 322 g/mol. The van der Waals surface area contributed by atoms with E-state index in [0.717, 1.165) is 11.1 Å². The first-order chi connectivity index (χ1) is 12.1. The van der Waals surface area contributed by atoms with Crippen molar-refractivity contribution in [2.75, 3.05) is 13.2 Å². The molecule has 1 aromatic carbocycles. The molecule has 0 radical (unpaired) electrons. The standard InChI is InChI=1S/C18H21N3O4/c1-11-9-19-21(10-11)18-13(8-14(18)22)20-17(23)7-12-2-3-15-16(6-12)25-5-4-24-15/h2-3,6,9-10,13-14,18,22H,4-5,7-8H2,1H3,(H,20,23)/t13-,14+,18+/m0/s1. The number of fused-ring (bicyclic) bond motifs is 1. The quantitative estimate of drug-likeness (QED) is 0.865. The number of hydrogen-bond acceptors (Lipinski definition) is 5. The molecule has 1 aromatic heterocycles. The molecule has 2 heterocycles. The van der Waals surface area contributed by atoms with Crippen LogP contribution < -0.4 is 14.8 Å².